The summed E-state index contributed by atoms with van der Waals surface area (Å²) < 4.78 is 26.5. The first-order valence-corrected chi connectivity index (χ1v) is 9.39. The molecule has 1 aromatic heterocycles. The van der Waals surface area contributed by atoms with E-state index in [2.05, 4.69) is 11.4 Å². The van der Waals surface area contributed by atoms with Gasteiger partial charge in [0.2, 0.25) is 5.91 Å². The van der Waals surface area contributed by atoms with Crippen molar-refractivity contribution in [1.82, 2.24) is 0 Å². The zero-order valence-corrected chi connectivity index (χ0v) is 15.3. The summed E-state index contributed by atoms with van der Waals surface area (Å²) in [5, 5.41) is 12.8. The molecule has 3 rings (SSSR count). The fraction of sp³-hybridized carbons (Fsp3) is 0.368. The van der Waals surface area contributed by atoms with Crippen LogP contribution in [-0.4, -0.2) is 19.0 Å². The fourth-order valence-electron chi connectivity index (χ4n) is 3.19. The number of aryl methyl sites for hydroxylation is 1. The van der Waals surface area contributed by atoms with Crippen LogP contribution in [-0.2, 0) is 17.6 Å². The molecule has 0 bridgehead atoms. The Hall–Kier alpha value is -2.46. The molecule has 0 radical (unpaired) electrons. The largest absolute Gasteiger partial charge is 0.371 e. The van der Waals surface area contributed by atoms with Gasteiger partial charge in [-0.05, 0) is 43.9 Å². The van der Waals surface area contributed by atoms with Crippen LogP contribution in [0.15, 0.2) is 18.2 Å². The van der Waals surface area contributed by atoms with E-state index in [0.29, 0.717) is 29.3 Å². The highest BCUT2D eigenvalue weighted by atomic mass is 32.1. The van der Waals surface area contributed by atoms with Crippen molar-refractivity contribution in [3.63, 3.8) is 0 Å². The number of fused-ring (bicyclic) bond motifs is 1. The van der Waals surface area contributed by atoms with E-state index < -0.39 is 11.6 Å². The zero-order chi connectivity index (χ0) is 18.7. The molecule has 1 heterocycles. The molecule has 0 unspecified atom stereocenters. The first-order chi connectivity index (χ1) is 12.5. The summed E-state index contributed by atoms with van der Waals surface area (Å²) in [5.74, 6) is -1.99. The Balaban J connectivity index is 1.63. The maximum Gasteiger partial charge on any atom is 0.226 e. The Labute approximate surface area is 155 Å². The van der Waals surface area contributed by atoms with E-state index in [-0.39, 0.29) is 12.3 Å². The van der Waals surface area contributed by atoms with Crippen LogP contribution in [0, 0.1) is 23.0 Å². The summed E-state index contributed by atoms with van der Waals surface area (Å²) in [6.07, 6.45) is 3.11. The molecule has 1 aromatic carbocycles. The summed E-state index contributed by atoms with van der Waals surface area (Å²) in [7, 11) is 0. The number of hydrogen-bond acceptors (Lipinski definition) is 4. The van der Waals surface area contributed by atoms with E-state index in [1.54, 1.807) is 0 Å². The van der Waals surface area contributed by atoms with Gasteiger partial charge in [-0.3, -0.25) is 4.79 Å². The van der Waals surface area contributed by atoms with Crippen LogP contribution in [0.4, 0.5) is 19.5 Å². The number of halogens is 2. The highest BCUT2D eigenvalue weighted by molar-refractivity contribution is 7.16. The number of carbonyl (C=O) groups is 1. The van der Waals surface area contributed by atoms with Crippen molar-refractivity contribution in [2.24, 2.45) is 0 Å². The molecular weight excluding hydrogens is 356 g/mol. The third-order valence-electron chi connectivity index (χ3n) is 4.54. The smallest absolute Gasteiger partial charge is 0.226 e. The molecule has 136 valence electrons. The van der Waals surface area contributed by atoms with Crippen LogP contribution in [0.1, 0.15) is 35.8 Å². The van der Waals surface area contributed by atoms with Gasteiger partial charge in [0.15, 0.2) is 11.6 Å². The molecule has 0 spiro atoms. The standard InChI is InChI=1S/C19H19F2N3OS/c1-2-24(12-6-7-15(20)16(21)10-12)9-8-18(25)23-19-14(11-22)13-4-3-5-17(13)26-19/h6-7,10H,2-5,8-9H2,1H3,(H,23,25). The van der Waals surface area contributed by atoms with Gasteiger partial charge in [-0.1, -0.05) is 0 Å². The van der Waals surface area contributed by atoms with Gasteiger partial charge in [0.25, 0.3) is 0 Å². The number of nitrogens with one attached hydrogen (secondary N) is 1. The average molecular weight is 375 g/mol. The average Bonchev–Trinajstić information content (AvgIpc) is 3.19. The molecule has 0 aliphatic heterocycles. The molecule has 1 N–H and O–H groups in total. The second kappa shape index (κ2) is 7.83. The lowest BCUT2D eigenvalue weighted by atomic mass is 10.1. The molecular formula is C19H19F2N3OS. The van der Waals surface area contributed by atoms with E-state index >= 15 is 0 Å². The molecule has 26 heavy (non-hydrogen) atoms. The lowest BCUT2D eigenvalue weighted by Crippen LogP contribution is -2.27. The first-order valence-electron chi connectivity index (χ1n) is 8.58. The van der Waals surface area contributed by atoms with Gasteiger partial charge < -0.3 is 10.2 Å². The molecule has 7 heteroatoms. The van der Waals surface area contributed by atoms with Gasteiger partial charge in [-0.25, -0.2) is 8.78 Å². The van der Waals surface area contributed by atoms with Gasteiger partial charge in [0.05, 0.1) is 5.56 Å². The zero-order valence-electron chi connectivity index (χ0n) is 14.4. The summed E-state index contributed by atoms with van der Waals surface area (Å²) in [6, 6.07) is 5.92. The van der Waals surface area contributed by atoms with Crippen molar-refractivity contribution >= 4 is 27.9 Å². The molecule has 0 saturated heterocycles. The van der Waals surface area contributed by atoms with Gasteiger partial charge in [-0.15, -0.1) is 11.3 Å². The van der Waals surface area contributed by atoms with Crippen molar-refractivity contribution in [2.45, 2.75) is 32.6 Å². The summed E-state index contributed by atoms with van der Waals surface area (Å²) in [4.78, 5) is 15.3. The highest BCUT2D eigenvalue weighted by Crippen LogP contribution is 2.38. The number of anilines is 2. The van der Waals surface area contributed by atoms with E-state index in [9.17, 15) is 18.8 Å². The third-order valence-corrected chi connectivity index (χ3v) is 5.75. The van der Waals surface area contributed by atoms with Crippen LogP contribution in [0.2, 0.25) is 0 Å². The molecule has 0 atom stereocenters. The number of nitrogens with zero attached hydrogens (tertiary/aromatic N) is 2. The van der Waals surface area contributed by atoms with Crippen LogP contribution in [0.5, 0.6) is 0 Å². The Morgan fingerprint density at radius 3 is 2.85 bits per heavy atom. The van der Waals surface area contributed by atoms with Crippen molar-refractivity contribution in [3.05, 3.63) is 45.8 Å². The maximum absolute atomic E-state index is 13.4. The number of amides is 1. The molecule has 0 saturated carbocycles. The molecule has 1 aliphatic carbocycles. The van der Waals surface area contributed by atoms with Crippen molar-refractivity contribution < 1.29 is 13.6 Å². The third kappa shape index (κ3) is 3.70. The van der Waals surface area contributed by atoms with E-state index in [0.717, 1.165) is 37.0 Å². The number of nitriles is 1. The Morgan fingerprint density at radius 1 is 1.35 bits per heavy atom. The second-order valence-electron chi connectivity index (χ2n) is 6.15. The summed E-state index contributed by atoms with van der Waals surface area (Å²) in [5.41, 5.74) is 2.19. The Bertz CT molecular complexity index is 872. The molecule has 4 nitrogen and oxygen atoms in total. The molecule has 1 aliphatic rings. The Kier molecular flexibility index (Phi) is 5.52. The molecule has 0 fully saturated rings. The van der Waals surface area contributed by atoms with Crippen LogP contribution in [0.25, 0.3) is 0 Å². The number of hydrogen-bond donors (Lipinski definition) is 1. The number of benzene rings is 1. The predicted molar refractivity (Wildman–Crippen MR) is 98.6 cm³/mol. The van der Waals surface area contributed by atoms with Gasteiger partial charge >= 0.3 is 0 Å². The quantitative estimate of drug-likeness (QED) is 0.822. The van der Waals surface area contributed by atoms with Crippen molar-refractivity contribution in [3.8, 4) is 6.07 Å². The first kappa shape index (κ1) is 18.3. The van der Waals surface area contributed by atoms with E-state index in [1.807, 2.05) is 11.8 Å². The van der Waals surface area contributed by atoms with Crippen LogP contribution in [0.3, 0.4) is 0 Å². The van der Waals surface area contributed by atoms with Crippen molar-refractivity contribution in [2.75, 3.05) is 23.3 Å². The fourth-order valence-corrected chi connectivity index (χ4v) is 4.44. The summed E-state index contributed by atoms with van der Waals surface area (Å²) >= 11 is 1.48. The van der Waals surface area contributed by atoms with Crippen LogP contribution < -0.4 is 10.2 Å². The minimum atomic E-state index is -0.905. The van der Waals surface area contributed by atoms with Gasteiger partial charge in [-0.2, -0.15) is 5.26 Å². The number of carbonyl (C=O) groups excluding carboxylic acids is 1. The van der Waals surface area contributed by atoms with Gasteiger partial charge in [0, 0.05) is 36.1 Å². The molecule has 1 amide bonds. The van der Waals surface area contributed by atoms with E-state index in [4.69, 9.17) is 0 Å². The maximum atomic E-state index is 13.4. The lowest BCUT2D eigenvalue weighted by Gasteiger charge is -2.23. The molecule has 2 aromatic rings. The summed E-state index contributed by atoms with van der Waals surface area (Å²) in [6.45, 7) is 2.83. The second-order valence-corrected chi connectivity index (χ2v) is 7.25. The van der Waals surface area contributed by atoms with Crippen molar-refractivity contribution in [1.29, 1.82) is 5.26 Å². The minimum Gasteiger partial charge on any atom is -0.371 e. The lowest BCUT2D eigenvalue weighted by molar-refractivity contribution is -0.116. The number of thiophene rings is 1. The van der Waals surface area contributed by atoms with E-state index in [1.165, 1.54) is 22.3 Å². The SMILES string of the molecule is CCN(CCC(=O)Nc1sc2c(c1C#N)CCC2)c1ccc(F)c(F)c1. The number of rotatable bonds is 6. The van der Waals surface area contributed by atoms with Crippen LogP contribution >= 0.6 is 11.3 Å². The monoisotopic (exact) mass is 375 g/mol. The highest BCUT2D eigenvalue weighted by Gasteiger charge is 2.23. The predicted octanol–water partition coefficient (Wildman–Crippen LogP) is 4.24. The minimum absolute atomic E-state index is 0.192. The Morgan fingerprint density at radius 2 is 2.15 bits per heavy atom. The normalized spacial score (nSPS) is 12.5. The topological polar surface area (TPSA) is 56.1 Å². The van der Waals surface area contributed by atoms with Gasteiger partial charge in [0.1, 0.15) is 11.1 Å².